The molecule has 0 aliphatic carbocycles. The number of nitrogens with zero attached hydrogens (tertiary/aromatic N) is 1. The fourth-order valence-electron chi connectivity index (χ4n) is 2.44. The Balaban J connectivity index is 2.09. The Morgan fingerprint density at radius 1 is 1.24 bits per heavy atom. The molecule has 0 aliphatic heterocycles. The number of hydrogen-bond donors (Lipinski definition) is 1. The van der Waals surface area contributed by atoms with Crippen molar-refractivity contribution in [2.45, 2.75) is 53.2 Å². The molecule has 0 fully saturated rings. The van der Waals surface area contributed by atoms with Crippen LogP contribution >= 0.6 is 11.3 Å². The van der Waals surface area contributed by atoms with Crippen molar-refractivity contribution in [3.8, 4) is 5.75 Å². The zero-order valence-electron chi connectivity index (χ0n) is 13.3. The number of hydrogen-bond acceptors (Lipinski definition) is 4. The second-order valence-electron chi connectivity index (χ2n) is 5.60. The molecule has 1 heterocycles. The van der Waals surface area contributed by atoms with Gasteiger partial charge in [-0.25, -0.2) is 4.98 Å². The van der Waals surface area contributed by atoms with Gasteiger partial charge in [-0.05, 0) is 50.3 Å². The molecule has 0 radical (unpaired) electrons. The molecule has 2 aromatic rings. The molecule has 1 atom stereocenters. The number of aromatic nitrogens is 1. The van der Waals surface area contributed by atoms with Crippen LogP contribution in [0, 0.1) is 20.8 Å². The third-order valence-electron chi connectivity index (χ3n) is 3.55. The van der Waals surface area contributed by atoms with Gasteiger partial charge in [-0.3, -0.25) is 0 Å². The van der Waals surface area contributed by atoms with Crippen LogP contribution in [-0.2, 0) is 13.0 Å². The van der Waals surface area contributed by atoms with Crippen LogP contribution in [0.2, 0.25) is 0 Å². The first-order chi connectivity index (χ1) is 9.99. The van der Waals surface area contributed by atoms with E-state index in [9.17, 15) is 0 Å². The molecular formula is C17H24N2OS. The normalized spacial score (nSPS) is 12.4. The van der Waals surface area contributed by atoms with Crippen LogP contribution in [-0.4, -0.2) is 11.0 Å². The van der Waals surface area contributed by atoms with Crippen molar-refractivity contribution in [3.63, 3.8) is 0 Å². The van der Waals surface area contributed by atoms with E-state index in [-0.39, 0.29) is 6.04 Å². The van der Waals surface area contributed by atoms with E-state index < -0.39 is 0 Å². The van der Waals surface area contributed by atoms with E-state index in [1.807, 2.05) is 12.3 Å². The Morgan fingerprint density at radius 3 is 2.43 bits per heavy atom. The summed E-state index contributed by atoms with van der Waals surface area (Å²) in [6.45, 7) is 8.85. The lowest BCUT2D eigenvalue weighted by atomic mass is 9.99. The average molecular weight is 304 g/mol. The summed E-state index contributed by atoms with van der Waals surface area (Å²) in [5, 5.41) is 3.07. The molecule has 4 heteroatoms. The van der Waals surface area contributed by atoms with Gasteiger partial charge >= 0.3 is 0 Å². The van der Waals surface area contributed by atoms with E-state index in [4.69, 9.17) is 10.5 Å². The molecule has 0 spiro atoms. The molecule has 1 unspecified atom stereocenters. The first kappa shape index (κ1) is 16.0. The Labute approximate surface area is 131 Å². The molecule has 21 heavy (non-hydrogen) atoms. The highest BCUT2D eigenvalue weighted by molar-refractivity contribution is 7.09. The highest BCUT2D eigenvalue weighted by Crippen LogP contribution is 2.26. The van der Waals surface area contributed by atoms with Gasteiger partial charge < -0.3 is 10.5 Å². The molecule has 0 saturated heterocycles. The van der Waals surface area contributed by atoms with Gasteiger partial charge in [0.25, 0.3) is 0 Å². The fraction of sp³-hybridized carbons (Fsp3) is 0.471. The first-order valence-electron chi connectivity index (χ1n) is 7.39. The van der Waals surface area contributed by atoms with E-state index in [0.29, 0.717) is 6.61 Å². The van der Waals surface area contributed by atoms with Crippen LogP contribution < -0.4 is 10.5 Å². The van der Waals surface area contributed by atoms with E-state index in [1.165, 1.54) is 16.7 Å². The molecule has 1 aromatic carbocycles. The van der Waals surface area contributed by atoms with Gasteiger partial charge in [-0.15, -0.1) is 11.3 Å². The molecule has 3 nitrogen and oxygen atoms in total. The summed E-state index contributed by atoms with van der Waals surface area (Å²) in [6.07, 6.45) is 1.92. The molecule has 0 aliphatic rings. The molecule has 0 bridgehead atoms. The smallest absolute Gasteiger partial charge is 0.140 e. The van der Waals surface area contributed by atoms with Crippen molar-refractivity contribution in [2.75, 3.05) is 0 Å². The minimum absolute atomic E-state index is 0.230. The highest BCUT2D eigenvalue weighted by atomic mass is 32.1. The maximum absolute atomic E-state index is 6.04. The lowest BCUT2D eigenvalue weighted by molar-refractivity contribution is 0.301. The quantitative estimate of drug-likeness (QED) is 0.879. The van der Waals surface area contributed by atoms with Crippen molar-refractivity contribution in [2.24, 2.45) is 5.73 Å². The Morgan fingerprint density at radius 2 is 1.90 bits per heavy atom. The fourth-order valence-corrected chi connectivity index (χ4v) is 3.12. The van der Waals surface area contributed by atoms with Gasteiger partial charge in [0.1, 0.15) is 17.4 Å². The van der Waals surface area contributed by atoms with Crippen molar-refractivity contribution < 1.29 is 4.74 Å². The maximum Gasteiger partial charge on any atom is 0.140 e. The topological polar surface area (TPSA) is 48.1 Å². The number of thiazole rings is 1. The maximum atomic E-state index is 6.04. The van der Waals surface area contributed by atoms with Gasteiger partial charge in [0.05, 0.1) is 0 Å². The van der Waals surface area contributed by atoms with Crippen molar-refractivity contribution in [3.05, 3.63) is 44.9 Å². The van der Waals surface area contributed by atoms with E-state index in [2.05, 4.69) is 37.9 Å². The van der Waals surface area contributed by atoms with Crippen LogP contribution in [0.3, 0.4) is 0 Å². The summed E-state index contributed by atoms with van der Waals surface area (Å²) < 4.78 is 5.97. The van der Waals surface area contributed by atoms with E-state index in [1.54, 1.807) is 11.3 Å². The second-order valence-corrected chi connectivity index (χ2v) is 6.55. The largest absolute Gasteiger partial charge is 0.486 e. The molecule has 2 rings (SSSR count). The Hall–Kier alpha value is -1.39. The SMILES string of the molecule is CCC(N)Cc1cc(C)c(OCc2nc(C)cs2)c(C)c1. The van der Waals surface area contributed by atoms with Crippen molar-refractivity contribution in [1.82, 2.24) is 4.98 Å². The van der Waals surface area contributed by atoms with Gasteiger partial charge in [0, 0.05) is 17.1 Å². The lowest BCUT2D eigenvalue weighted by Gasteiger charge is -2.15. The molecule has 1 aromatic heterocycles. The number of benzene rings is 1. The Kier molecular flexibility index (Phi) is 5.37. The first-order valence-corrected chi connectivity index (χ1v) is 8.27. The summed E-state index contributed by atoms with van der Waals surface area (Å²) in [6, 6.07) is 4.60. The third kappa shape index (κ3) is 4.29. The minimum atomic E-state index is 0.230. The third-order valence-corrected chi connectivity index (χ3v) is 4.49. The van der Waals surface area contributed by atoms with Crippen LogP contribution in [0.5, 0.6) is 5.75 Å². The average Bonchev–Trinajstić information content (AvgIpc) is 2.83. The monoisotopic (exact) mass is 304 g/mol. The Bertz CT molecular complexity index is 584. The highest BCUT2D eigenvalue weighted by Gasteiger charge is 2.10. The summed E-state index contributed by atoms with van der Waals surface area (Å²) >= 11 is 1.64. The molecule has 2 N–H and O–H groups in total. The summed E-state index contributed by atoms with van der Waals surface area (Å²) in [7, 11) is 0. The predicted octanol–water partition coefficient (Wildman–Crippen LogP) is 3.93. The second kappa shape index (κ2) is 7.05. The summed E-state index contributed by atoms with van der Waals surface area (Å²) in [4.78, 5) is 4.43. The van der Waals surface area contributed by atoms with Crippen molar-refractivity contribution in [1.29, 1.82) is 0 Å². The van der Waals surface area contributed by atoms with Crippen LogP contribution in [0.15, 0.2) is 17.5 Å². The van der Waals surface area contributed by atoms with Crippen molar-refractivity contribution >= 4 is 11.3 Å². The molecule has 0 saturated carbocycles. The van der Waals surface area contributed by atoms with Crippen LogP contribution in [0.4, 0.5) is 0 Å². The predicted molar refractivity (Wildman–Crippen MR) is 89.1 cm³/mol. The zero-order valence-corrected chi connectivity index (χ0v) is 14.1. The minimum Gasteiger partial charge on any atom is -0.486 e. The van der Waals surface area contributed by atoms with Gasteiger partial charge in [-0.1, -0.05) is 19.1 Å². The molecular weight excluding hydrogens is 280 g/mol. The number of rotatable bonds is 6. The van der Waals surface area contributed by atoms with E-state index >= 15 is 0 Å². The number of aryl methyl sites for hydroxylation is 3. The lowest BCUT2D eigenvalue weighted by Crippen LogP contribution is -2.21. The standard InChI is InChI=1S/C17H24N2OS/c1-5-15(18)8-14-6-11(2)17(12(3)7-14)20-9-16-19-13(4)10-21-16/h6-7,10,15H,5,8-9,18H2,1-4H3. The summed E-state index contributed by atoms with van der Waals surface area (Å²) in [5.74, 6) is 0.969. The van der Waals surface area contributed by atoms with Crippen LogP contribution in [0.25, 0.3) is 0 Å². The number of ether oxygens (including phenoxy) is 1. The van der Waals surface area contributed by atoms with Crippen LogP contribution in [0.1, 0.15) is 40.7 Å². The molecule has 114 valence electrons. The van der Waals surface area contributed by atoms with Gasteiger partial charge in [0.15, 0.2) is 0 Å². The molecule has 0 amide bonds. The number of nitrogens with two attached hydrogens (primary N) is 1. The summed E-state index contributed by atoms with van der Waals surface area (Å²) in [5.41, 5.74) is 10.7. The van der Waals surface area contributed by atoms with Gasteiger partial charge in [-0.2, -0.15) is 0 Å². The van der Waals surface area contributed by atoms with Gasteiger partial charge in [0.2, 0.25) is 0 Å². The zero-order chi connectivity index (χ0) is 15.4. The van der Waals surface area contributed by atoms with E-state index in [0.717, 1.165) is 29.3 Å².